The number of amides is 2. The minimum atomic E-state index is -0.337. The highest BCUT2D eigenvalue weighted by molar-refractivity contribution is 6.42. The zero-order chi connectivity index (χ0) is 20.1. The van der Waals surface area contributed by atoms with Crippen molar-refractivity contribution in [1.29, 1.82) is 0 Å². The molecule has 28 heavy (non-hydrogen) atoms. The molecular formula is C21H24Cl2N3O2+. The maximum Gasteiger partial charge on any atom is 0.251 e. The van der Waals surface area contributed by atoms with Gasteiger partial charge in [0.25, 0.3) is 5.91 Å². The van der Waals surface area contributed by atoms with E-state index in [1.807, 2.05) is 4.90 Å². The van der Waals surface area contributed by atoms with Gasteiger partial charge >= 0.3 is 0 Å². The van der Waals surface area contributed by atoms with E-state index < -0.39 is 0 Å². The number of hydrogen-bond donors (Lipinski definition) is 2. The van der Waals surface area contributed by atoms with Gasteiger partial charge in [-0.15, -0.1) is 0 Å². The minimum Gasteiger partial charge on any atom is -0.343 e. The highest BCUT2D eigenvalue weighted by Gasteiger charge is 2.24. The van der Waals surface area contributed by atoms with Crippen LogP contribution in [0.15, 0.2) is 42.5 Å². The lowest BCUT2D eigenvalue weighted by Crippen LogP contribution is -3.13. The van der Waals surface area contributed by atoms with Crippen LogP contribution in [0.4, 0.5) is 0 Å². The summed E-state index contributed by atoms with van der Waals surface area (Å²) in [6.07, 6.45) is 0. The van der Waals surface area contributed by atoms with E-state index in [1.165, 1.54) is 22.1 Å². The first-order valence-corrected chi connectivity index (χ1v) is 10.1. The van der Waals surface area contributed by atoms with Crippen molar-refractivity contribution in [3.05, 3.63) is 69.2 Å². The molecule has 0 unspecified atom stereocenters. The lowest BCUT2D eigenvalue weighted by molar-refractivity contribution is -0.917. The van der Waals surface area contributed by atoms with Crippen LogP contribution in [0.1, 0.15) is 21.5 Å². The second kappa shape index (κ2) is 9.41. The summed E-state index contributed by atoms with van der Waals surface area (Å²) in [5, 5.41) is 3.37. The van der Waals surface area contributed by atoms with E-state index in [9.17, 15) is 9.59 Å². The molecule has 2 amide bonds. The SMILES string of the molecule is Cc1ccccc1C[NH+]1CCN(C(=O)CNC(=O)c2ccc(Cl)c(Cl)c2)CC1. The zero-order valence-electron chi connectivity index (χ0n) is 15.8. The van der Waals surface area contributed by atoms with Gasteiger partial charge in [0, 0.05) is 11.1 Å². The van der Waals surface area contributed by atoms with E-state index in [-0.39, 0.29) is 18.4 Å². The van der Waals surface area contributed by atoms with Gasteiger partial charge in [0.1, 0.15) is 6.54 Å². The van der Waals surface area contributed by atoms with Gasteiger partial charge in [-0.2, -0.15) is 0 Å². The van der Waals surface area contributed by atoms with Crippen molar-refractivity contribution in [3.63, 3.8) is 0 Å². The number of nitrogens with one attached hydrogen (secondary N) is 2. The Balaban J connectivity index is 1.45. The molecule has 1 fully saturated rings. The number of rotatable bonds is 5. The largest absolute Gasteiger partial charge is 0.343 e. The quantitative estimate of drug-likeness (QED) is 0.776. The molecule has 0 bridgehead atoms. The Hall–Kier alpha value is -2.08. The van der Waals surface area contributed by atoms with Gasteiger partial charge in [0.05, 0.1) is 42.8 Å². The summed E-state index contributed by atoms with van der Waals surface area (Å²) in [6, 6.07) is 13.1. The molecule has 1 aliphatic heterocycles. The van der Waals surface area contributed by atoms with Crippen molar-refractivity contribution in [2.75, 3.05) is 32.7 Å². The second-order valence-electron chi connectivity index (χ2n) is 7.05. The maximum atomic E-state index is 12.4. The average molecular weight is 421 g/mol. The van der Waals surface area contributed by atoms with E-state index in [1.54, 1.807) is 12.1 Å². The first-order chi connectivity index (χ1) is 13.4. The highest BCUT2D eigenvalue weighted by atomic mass is 35.5. The van der Waals surface area contributed by atoms with Crippen molar-refractivity contribution in [2.24, 2.45) is 0 Å². The predicted molar refractivity (Wildman–Crippen MR) is 111 cm³/mol. The Kier molecular flexibility index (Phi) is 6.94. The molecule has 2 aromatic rings. The van der Waals surface area contributed by atoms with Crippen LogP contribution in [0.5, 0.6) is 0 Å². The fourth-order valence-electron chi connectivity index (χ4n) is 3.33. The smallest absolute Gasteiger partial charge is 0.251 e. The van der Waals surface area contributed by atoms with Crippen LogP contribution in [0.2, 0.25) is 10.0 Å². The standard InChI is InChI=1S/C21H23Cl2N3O2/c1-15-4-2-3-5-17(15)14-25-8-10-26(11-9-25)20(27)13-24-21(28)16-6-7-18(22)19(23)12-16/h2-7,12H,8-11,13-14H2,1H3,(H,24,28)/p+1. The summed E-state index contributed by atoms with van der Waals surface area (Å²) in [5.74, 6) is -0.404. The molecule has 148 valence electrons. The Labute approximate surface area is 175 Å². The molecule has 0 aromatic heterocycles. The van der Waals surface area contributed by atoms with Crippen LogP contribution in [-0.4, -0.2) is 49.4 Å². The van der Waals surface area contributed by atoms with Gasteiger partial charge in [0.15, 0.2) is 0 Å². The summed E-state index contributed by atoms with van der Waals surface area (Å²) in [6.45, 7) is 6.28. The van der Waals surface area contributed by atoms with Crippen LogP contribution in [0.3, 0.4) is 0 Å². The second-order valence-corrected chi connectivity index (χ2v) is 7.86. The summed E-state index contributed by atoms with van der Waals surface area (Å²) in [5.41, 5.74) is 3.04. The van der Waals surface area contributed by atoms with Gasteiger partial charge in [-0.3, -0.25) is 9.59 Å². The van der Waals surface area contributed by atoms with Crippen molar-refractivity contribution >= 4 is 35.0 Å². The van der Waals surface area contributed by atoms with Crippen LogP contribution in [0.25, 0.3) is 0 Å². The Morgan fingerprint density at radius 1 is 1.07 bits per heavy atom. The van der Waals surface area contributed by atoms with Gasteiger partial charge in [-0.25, -0.2) is 0 Å². The molecule has 0 radical (unpaired) electrons. The van der Waals surface area contributed by atoms with Gasteiger partial charge < -0.3 is 15.1 Å². The first-order valence-electron chi connectivity index (χ1n) is 9.33. The molecule has 3 rings (SSSR count). The number of halogens is 2. The van der Waals surface area contributed by atoms with E-state index in [0.29, 0.717) is 28.7 Å². The summed E-state index contributed by atoms with van der Waals surface area (Å²) in [7, 11) is 0. The number of carbonyl (C=O) groups excluding carboxylic acids is 2. The topological polar surface area (TPSA) is 53.9 Å². The lowest BCUT2D eigenvalue weighted by Gasteiger charge is -2.32. The number of aryl methyl sites for hydroxylation is 1. The van der Waals surface area contributed by atoms with Crippen LogP contribution in [0, 0.1) is 6.92 Å². The first kappa shape index (κ1) is 20.6. The summed E-state index contributed by atoms with van der Waals surface area (Å²) < 4.78 is 0. The van der Waals surface area contributed by atoms with Crippen LogP contribution >= 0.6 is 23.2 Å². The summed E-state index contributed by atoms with van der Waals surface area (Å²) in [4.78, 5) is 27.9. The fraction of sp³-hybridized carbons (Fsp3) is 0.333. The lowest BCUT2D eigenvalue weighted by atomic mass is 10.1. The molecule has 7 heteroatoms. The minimum absolute atomic E-state index is 0.0216. The predicted octanol–water partition coefficient (Wildman–Crippen LogP) is 1.96. The molecule has 1 heterocycles. The molecule has 0 spiro atoms. The highest BCUT2D eigenvalue weighted by Crippen LogP contribution is 2.22. The van der Waals surface area contributed by atoms with Gasteiger partial charge in [-0.1, -0.05) is 47.5 Å². The van der Waals surface area contributed by atoms with Crippen LogP contribution < -0.4 is 10.2 Å². The monoisotopic (exact) mass is 420 g/mol. The Morgan fingerprint density at radius 2 is 1.79 bits per heavy atom. The number of hydrogen-bond acceptors (Lipinski definition) is 2. The molecule has 0 saturated carbocycles. The molecule has 0 aliphatic carbocycles. The van der Waals surface area contributed by atoms with Gasteiger partial charge in [-0.05, 0) is 30.7 Å². The van der Waals surface area contributed by atoms with Crippen molar-refractivity contribution in [1.82, 2.24) is 10.2 Å². The van der Waals surface area contributed by atoms with E-state index in [4.69, 9.17) is 23.2 Å². The number of quaternary nitrogens is 1. The maximum absolute atomic E-state index is 12.4. The third kappa shape index (κ3) is 5.25. The molecule has 5 nitrogen and oxygen atoms in total. The molecule has 1 saturated heterocycles. The Morgan fingerprint density at radius 3 is 2.46 bits per heavy atom. The number of nitrogens with zero attached hydrogens (tertiary/aromatic N) is 1. The average Bonchev–Trinajstić information content (AvgIpc) is 2.70. The van der Waals surface area contributed by atoms with Gasteiger partial charge in [0.2, 0.25) is 5.91 Å². The normalized spacial score (nSPS) is 14.8. The molecule has 2 aromatic carbocycles. The van der Waals surface area contributed by atoms with Crippen molar-refractivity contribution in [2.45, 2.75) is 13.5 Å². The van der Waals surface area contributed by atoms with E-state index >= 15 is 0 Å². The third-order valence-corrected chi connectivity index (χ3v) is 5.85. The zero-order valence-corrected chi connectivity index (χ0v) is 17.3. The summed E-state index contributed by atoms with van der Waals surface area (Å²) >= 11 is 11.8. The van der Waals surface area contributed by atoms with E-state index in [0.717, 1.165) is 19.6 Å². The fourth-order valence-corrected chi connectivity index (χ4v) is 3.63. The van der Waals surface area contributed by atoms with Crippen LogP contribution in [-0.2, 0) is 11.3 Å². The molecule has 2 N–H and O–H groups in total. The third-order valence-electron chi connectivity index (χ3n) is 5.11. The molecule has 1 aliphatic rings. The van der Waals surface area contributed by atoms with Crippen molar-refractivity contribution in [3.8, 4) is 0 Å². The molecular weight excluding hydrogens is 397 g/mol. The van der Waals surface area contributed by atoms with Crippen molar-refractivity contribution < 1.29 is 14.5 Å². The number of piperazine rings is 1. The van der Waals surface area contributed by atoms with E-state index in [2.05, 4.69) is 36.5 Å². The molecule has 0 atom stereocenters. The number of benzene rings is 2. The number of carbonyl (C=O) groups is 2. The Bertz CT molecular complexity index is 864.